The van der Waals surface area contributed by atoms with Crippen molar-refractivity contribution in [1.82, 2.24) is 20.4 Å². The molecule has 2 aliphatic heterocycles. The van der Waals surface area contributed by atoms with Crippen LogP contribution in [0.5, 0.6) is 5.75 Å². The lowest BCUT2D eigenvalue weighted by Gasteiger charge is -2.30. The fraction of sp³-hybridized carbons (Fsp3) is 0.633. The van der Waals surface area contributed by atoms with Crippen LogP contribution in [0.4, 0.5) is 19.2 Å². The minimum Gasteiger partial charge on any atom is -0.497 e. The van der Waals surface area contributed by atoms with Crippen molar-refractivity contribution in [2.24, 2.45) is 0 Å². The van der Waals surface area contributed by atoms with Crippen LogP contribution in [0.15, 0.2) is 24.3 Å². The third kappa shape index (κ3) is 11.0. The van der Waals surface area contributed by atoms with Crippen LogP contribution in [0.25, 0.3) is 0 Å². The largest absolute Gasteiger partial charge is 0.509 e. The molecule has 2 heterocycles. The molecule has 0 radical (unpaired) electrons. The van der Waals surface area contributed by atoms with Gasteiger partial charge in [-0.15, -0.1) is 0 Å². The molecule has 0 aromatic heterocycles. The number of carbonyl (C=O) groups excluding carboxylic acids is 5. The maximum absolute atomic E-state index is 13.4. The van der Waals surface area contributed by atoms with E-state index in [4.69, 9.17) is 28.4 Å². The molecule has 0 spiro atoms. The van der Waals surface area contributed by atoms with Crippen LogP contribution in [-0.4, -0.2) is 116 Å². The Morgan fingerprint density at radius 1 is 0.956 bits per heavy atom. The SMILES string of the molecule is COc1ccc(C[C@@H]2[C@H](OC(=O)NCCOCCN3C(=O)CNC3=O)[C@@H](OC(=O)OC(C)(C)C)CN2C(=O)OC(C)(C)C)cc1. The van der Waals surface area contributed by atoms with Gasteiger partial charge in [0.15, 0.2) is 12.2 Å². The molecule has 250 valence electrons. The number of methoxy groups -OCH3 is 1. The molecule has 2 aliphatic rings. The van der Waals surface area contributed by atoms with Gasteiger partial charge in [-0.3, -0.25) is 14.6 Å². The van der Waals surface area contributed by atoms with Crippen molar-refractivity contribution in [3.63, 3.8) is 0 Å². The highest BCUT2D eigenvalue weighted by Gasteiger charge is 2.50. The fourth-order valence-corrected chi connectivity index (χ4v) is 4.60. The molecule has 1 aromatic rings. The average molecular weight is 637 g/mol. The zero-order chi connectivity index (χ0) is 33.4. The van der Waals surface area contributed by atoms with Crippen LogP contribution in [-0.2, 0) is 34.9 Å². The number of hydrogen-bond donors (Lipinski definition) is 2. The summed E-state index contributed by atoms with van der Waals surface area (Å²) in [7, 11) is 1.55. The van der Waals surface area contributed by atoms with Crippen molar-refractivity contribution in [1.29, 1.82) is 0 Å². The summed E-state index contributed by atoms with van der Waals surface area (Å²) in [5.41, 5.74) is -0.853. The summed E-state index contributed by atoms with van der Waals surface area (Å²) in [5.74, 6) is 0.305. The number of alkyl carbamates (subject to hydrolysis) is 1. The Balaban J connectivity index is 1.72. The first-order chi connectivity index (χ1) is 21.1. The van der Waals surface area contributed by atoms with Crippen molar-refractivity contribution < 1.29 is 52.4 Å². The van der Waals surface area contributed by atoms with Gasteiger partial charge >= 0.3 is 24.4 Å². The van der Waals surface area contributed by atoms with Crippen LogP contribution < -0.4 is 15.4 Å². The predicted octanol–water partition coefficient (Wildman–Crippen LogP) is 2.84. The summed E-state index contributed by atoms with van der Waals surface area (Å²) in [4.78, 5) is 64.7. The molecule has 0 saturated carbocycles. The van der Waals surface area contributed by atoms with E-state index in [-0.39, 0.29) is 51.7 Å². The van der Waals surface area contributed by atoms with Crippen LogP contribution in [0.1, 0.15) is 47.1 Å². The molecule has 3 rings (SSSR count). The highest BCUT2D eigenvalue weighted by Crippen LogP contribution is 2.30. The summed E-state index contributed by atoms with van der Waals surface area (Å²) >= 11 is 0. The lowest BCUT2D eigenvalue weighted by Crippen LogP contribution is -2.46. The van der Waals surface area contributed by atoms with E-state index in [0.29, 0.717) is 5.75 Å². The molecule has 15 heteroatoms. The summed E-state index contributed by atoms with van der Waals surface area (Å²) in [6.45, 7) is 10.4. The zero-order valence-corrected chi connectivity index (χ0v) is 26.9. The van der Waals surface area contributed by atoms with Crippen LogP contribution in [0, 0.1) is 0 Å². The molecule has 15 nitrogen and oxygen atoms in total. The molecule has 0 aliphatic carbocycles. The monoisotopic (exact) mass is 636 g/mol. The van der Waals surface area contributed by atoms with Gasteiger partial charge in [-0.1, -0.05) is 12.1 Å². The van der Waals surface area contributed by atoms with Crippen molar-refractivity contribution >= 4 is 30.3 Å². The number of imide groups is 1. The third-order valence-electron chi connectivity index (χ3n) is 6.55. The summed E-state index contributed by atoms with van der Waals surface area (Å²) in [6.07, 6.45) is -4.39. The van der Waals surface area contributed by atoms with Gasteiger partial charge in [-0.05, 0) is 65.7 Å². The van der Waals surface area contributed by atoms with Gasteiger partial charge in [0.1, 0.15) is 17.0 Å². The van der Waals surface area contributed by atoms with Gasteiger partial charge in [-0.2, -0.15) is 0 Å². The smallest absolute Gasteiger partial charge is 0.497 e. The third-order valence-corrected chi connectivity index (χ3v) is 6.55. The first-order valence-corrected chi connectivity index (χ1v) is 14.7. The van der Waals surface area contributed by atoms with E-state index in [9.17, 15) is 24.0 Å². The molecule has 3 atom stereocenters. The van der Waals surface area contributed by atoms with E-state index in [1.54, 1.807) is 60.8 Å². The molecule has 2 saturated heterocycles. The molecule has 0 bridgehead atoms. The van der Waals surface area contributed by atoms with Crippen molar-refractivity contribution in [3.05, 3.63) is 29.8 Å². The normalized spacial score (nSPS) is 20.0. The van der Waals surface area contributed by atoms with Gasteiger partial charge in [0.2, 0.25) is 5.91 Å². The molecule has 2 fully saturated rings. The molecular weight excluding hydrogens is 592 g/mol. The van der Waals surface area contributed by atoms with Crippen LogP contribution in [0.3, 0.4) is 0 Å². The molecule has 2 N–H and O–H groups in total. The van der Waals surface area contributed by atoms with E-state index >= 15 is 0 Å². The van der Waals surface area contributed by atoms with E-state index in [1.165, 1.54) is 4.90 Å². The topological polar surface area (TPSA) is 171 Å². The molecule has 45 heavy (non-hydrogen) atoms. The van der Waals surface area contributed by atoms with Crippen LogP contribution in [0.2, 0.25) is 0 Å². The molecular formula is C30H44N4O11. The van der Waals surface area contributed by atoms with Gasteiger partial charge in [0, 0.05) is 6.54 Å². The second-order valence-electron chi connectivity index (χ2n) is 12.5. The summed E-state index contributed by atoms with van der Waals surface area (Å²) in [6, 6.07) is 5.93. The Morgan fingerprint density at radius 3 is 2.20 bits per heavy atom. The van der Waals surface area contributed by atoms with E-state index in [2.05, 4.69) is 10.6 Å². The lowest BCUT2D eigenvalue weighted by molar-refractivity contribution is -0.125. The van der Waals surface area contributed by atoms with Crippen molar-refractivity contribution in [2.45, 2.75) is 77.4 Å². The van der Waals surface area contributed by atoms with Gasteiger partial charge in [-0.25, -0.2) is 19.2 Å². The summed E-state index contributed by atoms with van der Waals surface area (Å²) < 4.78 is 33.1. The number of carbonyl (C=O) groups is 5. The Hall–Kier alpha value is -4.27. The van der Waals surface area contributed by atoms with Crippen LogP contribution >= 0.6 is 0 Å². The maximum atomic E-state index is 13.4. The van der Waals surface area contributed by atoms with Gasteiger partial charge in [0.05, 0.1) is 46.0 Å². The number of rotatable bonds is 11. The number of likely N-dealkylation sites (tertiary alicyclic amines) is 1. The second-order valence-corrected chi connectivity index (χ2v) is 12.5. The number of nitrogens with one attached hydrogen (secondary N) is 2. The predicted molar refractivity (Wildman–Crippen MR) is 159 cm³/mol. The number of ether oxygens (including phenoxy) is 6. The fourth-order valence-electron chi connectivity index (χ4n) is 4.60. The first-order valence-electron chi connectivity index (χ1n) is 14.7. The highest BCUT2D eigenvalue weighted by molar-refractivity contribution is 6.01. The Bertz CT molecular complexity index is 1190. The number of urea groups is 1. The van der Waals surface area contributed by atoms with E-state index in [0.717, 1.165) is 10.5 Å². The number of hydrogen-bond acceptors (Lipinski definition) is 11. The maximum Gasteiger partial charge on any atom is 0.509 e. The Labute approximate surface area is 262 Å². The second kappa shape index (κ2) is 15.1. The average Bonchev–Trinajstić information content (AvgIpc) is 3.42. The number of amides is 5. The standard InChI is InChI=1S/C30H44N4O11/c1-29(2,3)44-27(38)34-18-22(42-28(39)45-30(4,5)6)24(21(34)16-19-8-10-20(40-7)11-9-19)43-26(37)31-12-14-41-15-13-33-23(35)17-32-25(33)36/h8-11,21-22,24H,12-18H2,1-7H3,(H,31,37)(H,32,36)/t21-,22+,24+/m1/s1. The lowest BCUT2D eigenvalue weighted by atomic mass is 10.0. The Kier molecular flexibility index (Phi) is 11.9. The molecule has 1 aromatic carbocycles. The van der Waals surface area contributed by atoms with E-state index in [1.807, 2.05) is 12.1 Å². The number of benzene rings is 1. The minimum atomic E-state index is -1.09. The quantitative estimate of drug-likeness (QED) is 0.158. The van der Waals surface area contributed by atoms with E-state index < -0.39 is 53.8 Å². The zero-order valence-electron chi connectivity index (χ0n) is 26.9. The summed E-state index contributed by atoms with van der Waals surface area (Å²) in [5, 5.41) is 5.00. The minimum absolute atomic E-state index is 0.0439. The molecule has 0 unspecified atom stereocenters. The van der Waals surface area contributed by atoms with Gasteiger partial charge < -0.3 is 39.1 Å². The first kappa shape index (κ1) is 35.2. The van der Waals surface area contributed by atoms with Crippen molar-refractivity contribution in [3.8, 4) is 5.75 Å². The Morgan fingerprint density at radius 2 is 1.62 bits per heavy atom. The molecule has 5 amide bonds. The number of nitrogens with zero attached hydrogens (tertiary/aromatic N) is 2. The van der Waals surface area contributed by atoms with Crippen molar-refractivity contribution in [2.75, 3.05) is 46.5 Å². The highest BCUT2D eigenvalue weighted by atomic mass is 16.7. The van der Waals surface area contributed by atoms with Gasteiger partial charge in [0.25, 0.3) is 0 Å².